The molecule has 1 fully saturated rings. The van der Waals surface area contributed by atoms with Gasteiger partial charge in [-0.1, -0.05) is 6.07 Å². The number of nitrogens with zero attached hydrogens (tertiary/aromatic N) is 6. The molecule has 3 aromatic heterocycles. The topological polar surface area (TPSA) is 94.6 Å². The molecule has 1 amide bonds. The van der Waals surface area contributed by atoms with E-state index in [0.717, 1.165) is 43.4 Å². The fraction of sp³-hybridized carbons (Fsp3) is 0.476. The van der Waals surface area contributed by atoms with Gasteiger partial charge in [-0.25, -0.2) is 14.6 Å². The number of pyridine rings is 1. The lowest BCUT2D eigenvalue weighted by Gasteiger charge is -2.20. The quantitative estimate of drug-likeness (QED) is 0.632. The van der Waals surface area contributed by atoms with Gasteiger partial charge in [0.05, 0.1) is 6.54 Å². The number of aromatic nitrogens is 5. The predicted octanol–water partition coefficient (Wildman–Crippen LogP) is 1.19. The molecule has 2 aliphatic heterocycles. The average molecular weight is 408 g/mol. The highest BCUT2D eigenvalue weighted by molar-refractivity contribution is 5.93. The van der Waals surface area contributed by atoms with Crippen LogP contribution in [-0.2, 0) is 17.7 Å². The summed E-state index contributed by atoms with van der Waals surface area (Å²) in [6, 6.07) is 5.43. The van der Waals surface area contributed by atoms with E-state index in [4.69, 9.17) is 14.8 Å². The first-order chi connectivity index (χ1) is 14.6. The van der Waals surface area contributed by atoms with E-state index in [1.165, 1.54) is 10.6 Å². The minimum Gasteiger partial charge on any atom is -0.381 e. The third-order valence-electron chi connectivity index (χ3n) is 5.98. The Morgan fingerprint density at radius 3 is 2.83 bits per heavy atom. The van der Waals surface area contributed by atoms with Crippen LogP contribution in [0.15, 0.2) is 29.2 Å². The van der Waals surface area contributed by atoms with Gasteiger partial charge >= 0.3 is 0 Å². The second kappa shape index (κ2) is 7.64. The molecule has 156 valence electrons. The monoisotopic (exact) mass is 408 g/mol. The number of ether oxygens (including phenoxy) is 1. The Kier molecular flexibility index (Phi) is 4.82. The van der Waals surface area contributed by atoms with Crippen molar-refractivity contribution in [3.63, 3.8) is 0 Å². The van der Waals surface area contributed by atoms with Crippen LogP contribution in [0.3, 0.4) is 0 Å². The van der Waals surface area contributed by atoms with Gasteiger partial charge in [0.25, 0.3) is 11.5 Å². The van der Waals surface area contributed by atoms with Crippen molar-refractivity contribution in [1.82, 2.24) is 29.0 Å². The van der Waals surface area contributed by atoms with E-state index in [2.05, 4.69) is 4.98 Å². The first-order valence-corrected chi connectivity index (χ1v) is 10.4. The standard InChI is InChI=1S/C21H24N6O3/c1-14-3-2-4-17-22-13-16(21(29)27(14)17)20(28)25-8-5-18-23-19(24-26(18)10-9-25)15-6-11-30-12-7-15/h2-4,13,15H,5-12H2,1H3. The molecule has 3 aromatic rings. The van der Waals surface area contributed by atoms with Crippen LogP contribution in [0, 0.1) is 6.92 Å². The van der Waals surface area contributed by atoms with Crippen LogP contribution in [0.1, 0.15) is 46.5 Å². The number of carbonyl (C=O) groups is 1. The molecule has 5 rings (SSSR count). The molecular formula is C21H24N6O3. The summed E-state index contributed by atoms with van der Waals surface area (Å²) in [6.07, 6.45) is 3.91. The van der Waals surface area contributed by atoms with Crippen molar-refractivity contribution in [3.8, 4) is 0 Å². The number of rotatable bonds is 2. The normalized spacial score (nSPS) is 17.7. The van der Waals surface area contributed by atoms with Gasteiger partial charge in [-0.3, -0.25) is 14.0 Å². The summed E-state index contributed by atoms with van der Waals surface area (Å²) in [5.74, 6) is 1.85. The van der Waals surface area contributed by atoms with Crippen molar-refractivity contribution in [2.24, 2.45) is 0 Å². The van der Waals surface area contributed by atoms with Crippen molar-refractivity contribution in [3.05, 3.63) is 57.7 Å². The molecule has 5 heterocycles. The largest absolute Gasteiger partial charge is 0.381 e. The lowest BCUT2D eigenvalue weighted by molar-refractivity contribution is 0.0754. The molecule has 0 radical (unpaired) electrons. The number of amides is 1. The van der Waals surface area contributed by atoms with Crippen LogP contribution in [-0.4, -0.2) is 61.3 Å². The third-order valence-corrected chi connectivity index (χ3v) is 5.98. The zero-order valence-corrected chi connectivity index (χ0v) is 17.0. The zero-order valence-electron chi connectivity index (χ0n) is 17.0. The minimum absolute atomic E-state index is 0.0946. The highest BCUT2D eigenvalue weighted by atomic mass is 16.5. The lowest BCUT2D eigenvalue weighted by atomic mass is 10.00. The Balaban J connectivity index is 1.36. The van der Waals surface area contributed by atoms with E-state index in [-0.39, 0.29) is 17.0 Å². The smallest absolute Gasteiger partial charge is 0.270 e. The van der Waals surface area contributed by atoms with Gasteiger partial charge in [0.2, 0.25) is 0 Å². The number of hydrogen-bond acceptors (Lipinski definition) is 6. The van der Waals surface area contributed by atoms with Crippen molar-refractivity contribution >= 4 is 11.6 Å². The summed E-state index contributed by atoms with van der Waals surface area (Å²) in [5.41, 5.74) is 1.06. The van der Waals surface area contributed by atoms with Crippen LogP contribution < -0.4 is 5.56 Å². The molecule has 0 atom stereocenters. The minimum atomic E-state index is -0.329. The fourth-order valence-corrected chi connectivity index (χ4v) is 4.24. The summed E-state index contributed by atoms with van der Waals surface area (Å²) < 4.78 is 8.82. The van der Waals surface area contributed by atoms with E-state index < -0.39 is 0 Å². The van der Waals surface area contributed by atoms with Crippen molar-refractivity contribution in [2.45, 2.75) is 38.6 Å². The molecule has 2 aliphatic rings. The Morgan fingerprint density at radius 2 is 2.00 bits per heavy atom. The maximum absolute atomic E-state index is 13.1. The zero-order chi connectivity index (χ0) is 20.7. The third kappa shape index (κ3) is 3.28. The van der Waals surface area contributed by atoms with Gasteiger partial charge in [-0.15, -0.1) is 0 Å². The first-order valence-electron chi connectivity index (χ1n) is 10.4. The van der Waals surface area contributed by atoms with E-state index in [9.17, 15) is 9.59 Å². The summed E-state index contributed by atoms with van der Waals surface area (Å²) in [7, 11) is 0. The maximum Gasteiger partial charge on any atom is 0.270 e. The lowest BCUT2D eigenvalue weighted by Crippen LogP contribution is -2.38. The van der Waals surface area contributed by atoms with Crippen molar-refractivity contribution < 1.29 is 9.53 Å². The Bertz CT molecular complexity index is 1140. The predicted molar refractivity (Wildman–Crippen MR) is 109 cm³/mol. The first kappa shape index (κ1) is 18.9. The van der Waals surface area contributed by atoms with Gasteiger partial charge in [-0.2, -0.15) is 5.10 Å². The molecule has 0 aliphatic carbocycles. The molecule has 0 aromatic carbocycles. The molecule has 0 unspecified atom stereocenters. The van der Waals surface area contributed by atoms with E-state index in [1.54, 1.807) is 11.0 Å². The molecule has 0 spiro atoms. The van der Waals surface area contributed by atoms with Crippen molar-refractivity contribution in [2.75, 3.05) is 26.3 Å². The summed E-state index contributed by atoms with van der Waals surface area (Å²) in [4.78, 5) is 36.8. The second-order valence-corrected chi connectivity index (χ2v) is 7.88. The van der Waals surface area contributed by atoms with Crippen LogP contribution in [0.4, 0.5) is 0 Å². The number of aryl methyl sites for hydroxylation is 1. The summed E-state index contributed by atoms with van der Waals surface area (Å²) in [6.45, 7) is 4.89. The van der Waals surface area contributed by atoms with Gasteiger partial charge < -0.3 is 9.64 Å². The highest BCUT2D eigenvalue weighted by Crippen LogP contribution is 2.25. The van der Waals surface area contributed by atoms with Gasteiger partial charge in [0, 0.05) is 50.5 Å². The molecule has 30 heavy (non-hydrogen) atoms. The number of hydrogen-bond donors (Lipinski definition) is 0. The van der Waals surface area contributed by atoms with Crippen LogP contribution >= 0.6 is 0 Å². The summed E-state index contributed by atoms with van der Waals surface area (Å²) in [5, 5.41) is 4.70. The molecule has 0 N–H and O–H groups in total. The molecule has 0 bridgehead atoms. The van der Waals surface area contributed by atoms with E-state index in [0.29, 0.717) is 37.6 Å². The maximum atomic E-state index is 13.1. The van der Waals surface area contributed by atoms with Gasteiger partial charge in [0.15, 0.2) is 5.82 Å². The van der Waals surface area contributed by atoms with Crippen LogP contribution in [0.5, 0.6) is 0 Å². The van der Waals surface area contributed by atoms with Gasteiger partial charge in [0.1, 0.15) is 17.0 Å². The van der Waals surface area contributed by atoms with E-state index >= 15 is 0 Å². The average Bonchev–Trinajstić information content (AvgIpc) is 3.07. The number of fused-ring (bicyclic) bond motifs is 2. The Morgan fingerprint density at radius 1 is 1.17 bits per heavy atom. The second-order valence-electron chi connectivity index (χ2n) is 7.88. The van der Waals surface area contributed by atoms with Crippen LogP contribution in [0.2, 0.25) is 0 Å². The SMILES string of the molecule is Cc1cccc2ncc(C(=O)N3CCc4nc(C5CCOCC5)nn4CC3)c(=O)n12. The highest BCUT2D eigenvalue weighted by Gasteiger charge is 2.27. The van der Waals surface area contributed by atoms with Crippen molar-refractivity contribution in [1.29, 1.82) is 0 Å². The molecule has 9 nitrogen and oxygen atoms in total. The molecule has 1 saturated heterocycles. The molecular weight excluding hydrogens is 384 g/mol. The van der Waals surface area contributed by atoms with Crippen LogP contribution in [0.25, 0.3) is 5.65 Å². The number of carbonyl (C=O) groups excluding carboxylic acids is 1. The Labute approximate surface area is 173 Å². The van der Waals surface area contributed by atoms with Gasteiger partial charge in [-0.05, 0) is 31.9 Å². The van der Waals surface area contributed by atoms with E-state index in [1.807, 2.05) is 23.7 Å². The molecule has 9 heteroatoms. The fourth-order valence-electron chi connectivity index (χ4n) is 4.24. The Hall–Kier alpha value is -3.07. The summed E-state index contributed by atoms with van der Waals surface area (Å²) >= 11 is 0. The molecule has 0 saturated carbocycles.